The van der Waals surface area contributed by atoms with E-state index in [1.54, 1.807) is 12.1 Å². The number of carbonyl (C=O) groups is 1. The van der Waals surface area contributed by atoms with Gasteiger partial charge in [0, 0.05) is 23.6 Å². The molecular formula is C14H13N5O3S. The molecule has 0 spiro atoms. The van der Waals surface area contributed by atoms with Gasteiger partial charge in [0.15, 0.2) is 5.82 Å². The minimum absolute atomic E-state index is 0.0619. The molecule has 1 aromatic heterocycles. The van der Waals surface area contributed by atoms with Gasteiger partial charge in [-0.3, -0.25) is 15.2 Å². The highest BCUT2D eigenvalue weighted by molar-refractivity contribution is 7.86. The Morgan fingerprint density at radius 3 is 2.74 bits per heavy atom. The van der Waals surface area contributed by atoms with Gasteiger partial charge in [-0.15, -0.1) is 0 Å². The lowest BCUT2D eigenvalue weighted by Gasteiger charge is -2.10. The molecule has 0 saturated heterocycles. The van der Waals surface area contributed by atoms with E-state index in [1.165, 1.54) is 0 Å². The largest absolute Gasteiger partial charge is 0.301 e. The number of carbonyl (C=O) groups excluding carboxylic acids is 1. The van der Waals surface area contributed by atoms with E-state index in [4.69, 9.17) is 5.14 Å². The number of aromatic amines is 1. The van der Waals surface area contributed by atoms with E-state index in [0.29, 0.717) is 11.3 Å². The van der Waals surface area contributed by atoms with Crippen LogP contribution in [-0.2, 0) is 28.1 Å². The molecule has 0 bridgehead atoms. The van der Waals surface area contributed by atoms with Gasteiger partial charge in [-0.2, -0.15) is 17.8 Å². The number of nitrogens with zero attached hydrogens (tertiary/aromatic N) is 2. The van der Waals surface area contributed by atoms with Crippen molar-refractivity contribution in [3.8, 4) is 11.8 Å². The highest BCUT2D eigenvalue weighted by Gasteiger charge is 2.31. The van der Waals surface area contributed by atoms with E-state index in [1.807, 2.05) is 18.2 Å². The molecule has 0 unspecified atom stereocenters. The fourth-order valence-corrected chi connectivity index (χ4v) is 2.80. The van der Waals surface area contributed by atoms with Crippen LogP contribution in [0.25, 0.3) is 0 Å². The summed E-state index contributed by atoms with van der Waals surface area (Å²) in [5.74, 6) is 4.92. The number of fused-ring (bicyclic) bond motifs is 1. The Bertz CT molecular complexity index is 909. The highest BCUT2D eigenvalue weighted by atomic mass is 32.2. The molecule has 1 amide bonds. The van der Waals surface area contributed by atoms with Crippen LogP contribution in [0.5, 0.6) is 0 Å². The summed E-state index contributed by atoms with van der Waals surface area (Å²) < 4.78 is 23.8. The molecule has 23 heavy (non-hydrogen) atoms. The highest BCUT2D eigenvalue weighted by Crippen LogP contribution is 2.27. The SMILES string of the molecule is NS(=O)(=O)N1Cc2[nH]nc(NC(=O)C#Cc3ccccc3)c2C1. The van der Waals surface area contributed by atoms with Gasteiger partial charge in [0.2, 0.25) is 0 Å². The minimum Gasteiger partial charge on any atom is -0.298 e. The molecule has 1 aliphatic rings. The maximum Gasteiger partial charge on any atom is 0.301 e. The van der Waals surface area contributed by atoms with Crippen molar-refractivity contribution in [2.24, 2.45) is 5.14 Å². The van der Waals surface area contributed by atoms with Crippen molar-refractivity contribution in [1.82, 2.24) is 14.5 Å². The number of nitrogens with two attached hydrogens (primary N) is 1. The second-order valence-electron chi connectivity index (χ2n) is 4.91. The zero-order valence-electron chi connectivity index (χ0n) is 11.9. The number of rotatable bonds is 2. The Labute approximate surface area is 132 Å². The second kappa shape index (κ2) is 5.85. The first-order valence-electron chi connectivity index (χ1n) is 6.65. The van der Waals surface area contributed by atoms with Gasteiger partial charge in [-0.05, 0) is 12.1 Å². The number of H-pyrrole nitrogens is 1. The van der Waals surface area contributed by atoms with Crippen molar-refractivity contribution >= 4 is 21.9 Å². The van der Waals surface area contributed by atoms with Gasteiger partial charge in [0.1, 0.15) is 0 Å². The molecule has 0 radical (unpaired) electrons. The van der Waals surface area contributed by atoms with Crippen LogP contribution in [0, 0.1) is 11.8 Å². The molecule has 4 N–H and O–H groups in total. The number of hydrogen-bond donors (Lipinski definition) is 3. The van der Waals surface area contributed by atoms with Crippen LogP contribution >= 0.6 is 0 Å². The first-order chi connectivity index (χ1) is 10.9. The predicted octanol–water partition coefficient (Wildman–Crippen LogP) is -0.0810. The molecule has 0 aliphatic carbocycles. The minimum atomic E-state index is -3.79. The summed E-state index contributed by atoms with van der Waals surface area (Å²) in [6.07, 6.45) is 0. The molecule has 118 valence electrons. The molecule has 1 aromatic carbocycles. The fraction of sp³-hybridized carbons (Fsp3) is 0.143. The molecule has 9 heteroatoms. The van der Waals surface area contributed by atoms with Crippen molar-refractivity contribution in [2.75, 3.05) is 5.32 Å². The van der Waals surface area contributed by atoms with Crippen LogP contribution in [0.2, 0.25) is 0 Å². The summed E-state index contributed by atoms with van der Waals surface area (Å²) in [6.45, 7) is 0.166. The average Bonchev–Trinajstić information content (AvgIpc) is 3.08. The van der Waals surface area contributed by atoms with E-state index in [0.717, 1.165) is 9.87 Å². The first-order valence-corrected chi connectivity index (χ1v) is 8.16. The monoisotopic (exact) mass is 331 g/mol. The average molecular weight is 331 g/mol. The van der Waals surface area contributed by atoms with Gasteiger partial charge in [-0.25, -0.2) is 5.14 Å². The van der Waals surface area contributed by atoms with Crippen LogP contribution in [0.4, 0.5) is 5.82 Å². The van der Waals surface area contributed by atoms with Crippen molar-refractivity contribution in [3.63, 3.8) is 0 Å². The third kappa shape index (κ3) is 3.40. The summed E-state index contributed by atoms with van der Waals surface area (Å²) in [4.78, 5) is 11.9. The van der Waals surface area contributed by atoms with Gasteiger partial charge < -0.3 is 0 Å². The van der Waals surface area contributed by atoms with Crippen LogP contribution in [0.1, 0.15) is 16.8 Å². The number of hydrogen-bond acceptors (Lipinski definition) is 4. The maximum atomic E-state index is 11.9. The smallest absolute Gasteiger partial charge is 0.298 e. The molecule has 1 aliphatic heterocycles. The van der Waals surface area contributed by atoms with Gasteiger partial charge in [0.05, 0.1) is 12.2 Å². The van der Waals surface area contributed by atoms with Crippen LogP contribution in [-0.4, -0.2) is 28.8 Å². The van der Waals surface area contributed by atoms with E-state index < -0.39 is 16.1 Å². The molecule has 2 heterocycles. The topological polar surface area (TPSA) is 121 Å². The lowest BCUT2D eigenvalue weighted by atomic mass is 10.2. The van der Waals surface area contributed by atoms with Crippen molar-refractivity contribution in [1.29, 1.82) is 0 Å². The van der Waals surface area contributed by atoms with E-state index in [9.17, 15) is 13.2 Å². The lowest BCUT2D eigenvalue weighted by molar-refractivity contribution is -0.111. The van der Waals surface area contributed by atoms with Gasteiger partial charge >= 0.3 is 5.91 Å². The Morgan fingerprint density at radius 2 is 2.04 bits per heavy atom. The van der Waals surface area contributed by atoms with E-state index in [2.05, 4.69) is 27.4 Å². The summed E-state index contributed by atoms with van der Waals surface area (Å²) in [6, 6.07) is 9.08. The lowest BCUT2D eigenvalue weighted by Crippen LogP contribution is -2.32. The Balaban J connectivity index is 1.72. The van der Waals surface area contributed by atoms with Gasteiger partial charge in [-0.1, -0.05) is 24.1 Å². The zero-order valence-corrected chi connectivity index (χ0v) is 12.7. The predicted molar refractivity (Wildman–Crippen MR) is 82.9 cm³/mol. The summed E-state index contributed by atoms with van der Waals surface area (Å²) in [5, 5.41) is 14.3. The summed E-state index contributed by atoms with van der Waals surface area (Å²) in [5.41, 5.74) is 1.91. The number of benzene rings is 1. The van der Waals surface area contributed by atoms with Crippen molar-refractivity contribution in [2.45, 2.75) is 13.1 Å². The molecule has 3 rings (SSSR count). The number of nitrogens with one attached hydrogen (secondary N) is 2. The van der Waals surface area contributed by atoms with Crippen LogP contribution < -0.4 is 10.5 Å². The molecule has 0 atom stereocenters. The Kier molecular flexibility index (Phi) is 3.87. The maximum absolute atomic E-state index is 11.9. The van der Waals surface area contributed by atoms with Crippen molar-refractivity contribution in [3.05, 3.63) is 47.2 Å². The molecule has 2 aromatic rings. The van der Waals surface area contributed by atoms with Crippen molar-refractivity contribution < 1.29 is 13.2 Å². The molecule has 8 nitrogen and oxygen atoms in total. The Morgan fingerprint density at radius 1 is 1.30 bits per heavy atom. The fourth-order valence-electron chi connectivity index (χ4n) is 2.18. The summed E-state index contributed by atoms with van der Waals surface area (Å²) in [7, 11) is -3.79. The quantitative estimate of drug-likeness (QED) is 0.666. The van der Waals surface area contributed by atoms with Crippen LogP contribution in [0.15, 0.2) is 30.3 Å². The molecule has 0 saturated carbocycles. The van der Waals surface area contributed by atoms with E-state index in [-0.39, 0.29) is 18.9 Å². The van der Waals surface area contributed by atoms with E-state index >= 15 is 0 Å². The standard InChI is InChI=1S/C14H13N5O3S/c15-23(21,22)19-8-11-12(9-19)17-18-14(11)16-13(20)7-6-10-4-2-1-3-5-10/h1-5H,8-9H2,(H2,15,21,22)(H2,16,17,18,20). The van der Waals surface area contributed by atoms with Gasteiger partial charge in [0.25, 0.3) is 10.2 Å². The number of anilines is 1. The Hall–Kier alpha value is -2.67. The third-order valence-electron chi connectivity index (χ3n) is 3.31. The third-order valence-corrected chi connectivity index (χ3v) is 4.29. The number of amides is 1. The number of aromatic nitrogens is 2. The summed E-state index contributed by atoms with van der Waals surface area (Å²) >= 11 is 0. The second-order valence-corrected chi connectivity index (χ2v) is 6.46. The molecular weight excluding hydrogens is 318 g/mol. The van der Waals surface area contributed by atoms with Crippen LogP contribution in [0.3, 0.4) is 0 Å². The zero-order chi connectivity index (χ0) is 16.4. The first kappa shape index (κ1) is 15.2. The normalized spacial score (nSPS) is 14.0. The molecule has 0 fully saturated rings.